The van der Waals surface area contributed by atoms with Crippen molar-refractivity contribution in [3.63, 3.8) is 0 Å². The first-order chi connectivity index (χ1) is 6.98. The zero-order valence-electron chi connectivity index (χ0n) is 9.38. The van der Waals surface area contributed by atoms with Gasteiger partial charge in [-0.2, -0.15) is 0 Å². The van der Waals surface area contributed by atoms with Crippen molar-refractivity contribution in [1.82, 2.24) is 0 Å². The third-order valence-electron chi connectivity index (χ3n) is 3.15. The monoisotopic (exact) mass is 206 g/mol. The Morgan fingerprint density at radius 1 is 1.13 bits per heavy atom. The Kier molecular flexibility index (Phi) is 2.47. The van der Waals surface area contributed by atoms with Gasteiger partial charge in [0, 0.05) is 0 Å². The van der Waals surface area contributed by atoms with E-state index >= 15 is 0 Å². The molecule has 0 aliphatic heterocycles. The van der Waals surface area contributed by atoms with Crippen molar-refractivity contribution in [2.45, 2.75) is 45.1 Å². The highest BCUT2D eigenvalue weighted by Crippen LogP contribution is 2.33. The highest BCUT2D eigenvalue weighted by Gasteiger charge is 2.21. The maximum Gasteiger partial charge on any atom is 0.119 e. The molecule has 2 rings (SSSR count). The van der Waals surface area contributed by atoms with Gasteiger partial charge in [0.1, 0.15) is 5.75 Å². The summed E-state index contributed by atoms with van der Waals surface area (Å²) >= 11 is 0. The van der Waals surface area contributed by atoms with Gasteiger partial charge in [-0.3, -0.25) is 0 Å². The van der Waals surface area contributed by atoms with Crippen molar-refractivity contribution in [1.29, 1.82) is 0 Å². The molecule has 1 aliphatic rings. The van der Waals surface area contributed by atoms with Crippen molar-refractivity contribution < 1.29 is 10.2 Å². The Morgan fingerprint density at radius 3 is 2.47 bits per heavy atom. The van der Waals surface area contributed by atoms with Gasteiger partial charge in [-0.05, 0) is 62.3 Å². The summed E-state index contributed by atoms with van der Waals surface area (Å²) < 4.78 is 0. The fourth-order valence-electron chi connectivity index (χ4n) is 2.20. The number of aryl methyl sites for hydroxylation is 1. The highest BCUT2D eigenvalue weighted by atomic mass is 16.3. The third-order valence-corrected chi connectivity index (χ3v) is 3.15. The highest BCUT2D eigenvalue weighted by molar-refractivity contribution is 5.45. The first-order valence-electron chi connectivity index (χ1n) is 5.56. The molecule has 0 heterocycles. The molecule has 2 heteroatoms. The SMILES string of the molecule is CC(C)(O)c1cc(O)c2c(c1)CCCC2. The largest absolute Gasteiger partial charge is 0.508 e. The third kappa shape index (κ3) is 2.00. The van der Waals surface area contributed by atoms with E-state index in [2.05, 4.69) is 0 Å². The summed E-state index contributed by atoms with van der Waals surface area (Å²) in [6.07, 6.45) is 4.32. The minimum absolute atomic E-state index is 0.351. The lowest BCUT2D eigenvalue weighted by Gasteiger charge is -2.23. The van der Waals surface area contributed by atoms with Crippen molar-refractivity contribution >= 4 is 0 Å². The van der Waals surface area contributed by atoms with Gasteiger partial charge in [-0.15, -0.1) is 0 Å². The number of benzene rings is 1. The van der Waals surface area contributed by atoms with E-state index in [4.69, 9.17) is 0 Å². The zero-order valence-corrected chi connectivity index (χ0v) is 9.38. The molecule has 0 saturated carbocycles. The molecular weight excluding hydrogens is 188 g/mol. The van der Waals surface area contributed by atoms with Crippen LogP contribution in [0.4, 0.5) is 0 Å². The van der Waals surface area contributed by atoms with Crippen LogP contribution < -0.4 is 0 Å². The molecule has 0 bridgehead atoms. The van der Waals surface area contributed by atoms with Crippen molar-refractivity contribution in [3.05, 3.63) is 28.8 Å². The van der Waals surface area contributed by atoms with Gasteiger partial charge in [0.25, 0.3) is 0 Å². The molecule has 0 fully saturated rings. The minimum Gasteiger partial charge on any atom is -0.508 e. The fraction of sp³-hybridized carbons (Fsp3) is 0.538. The Labute approximate surface area is 90.6 Å². The molecule has 1 aromatic rings. The van der Waals surface area contributed by atoms with E-state index in [9.17, 15) is 10.2 Å². The number of phenols is 1. The Balaban J connectivity index is 2.50. The summed E-state index contributed by atoms with van der Waals surface area (Å²) in [6.45, 7) is 3.49. The second-order valence-corrected chi connectivity index (χ2v) is 4.90. The van der Waals surface area contributed by atoms with E-state index in [-0.39, 0.29) is 0 Å². The molecule has 0 amide bonds. The topological polar surface area (TPSA) is 40.5 Å². The lowest BCUT2D eigenvalue weighted by molar-refractivity contribution is 0.0782. The van der Waals surface area contributed by atoms with Gasteiger partial charge in [-0.25, -0.2) is 0 Å². The molecule has 2 N–H and O–H groups in total. The zero-order chi connectivity index (χ0) is 11.1. The number of fused-ring (bicyclic) bond motifs is 1. The molecule has 82 valence electrons. The number of phenolic OH excluding ortho intramolecular Hbond substituents is 1. The van der Waals surface area contributed by atoms with Crippen LogP contribution in [0, 0.1) is 0 Å². The van der Waals surface area contributed by atoms with Crippen LogP contribution in [0.5, 0.6) is 5.75 Å². The van der Waals surface area contributed by atoms with Gasteiger partial charge in [-0.1, -0.05) is 6.07 Å². The average molecular weight is 206 g/mol. The number of hydrogen-bond donors (Lipinski definition) is 2. The quantitative estimate of drug-likeness (QED) is 0.741. The summed E-state index contributed by atoms with van der Waals surface area (Å²) in [5, 5.41) is 19.8. The van der Waals surface area contributed by atoms with Gasteiger partial charge in [0.05, 0.1) is 5.60 Å². The molecule has 0 radical (unpaired) electrons. The standard InChI is InChI=1S/C13H18O2/c1-13(2,15)10-7-9-5-3-4-6-11(9)12(14)8-10/h7-8,14-15H,3-6H2,1-2H3. The summed E-state index contributed by atoms with van der Waals surface area (Å²) in [6, 6.07) is 3.73. The first-order valence-corrected chi connectivity index (χ1v) is 5.56. The minimum atomic E-state index is -0.871. The van der Waals surface area contributed by atoms with Gasteiger partial charge >= 0.3 is 0 Å². The molecule has 0 unspecified atom stereocenters. The Bertz CT molecular complexity index is 375. The number of hydrogen-bond acceptors (Lipinski definition) is 2. The van der Waals surface area contributed by atoms with Crippen LogP contribution in [0.1, 0.15) is 43.4 Å². The van der Waals surface area contributed by atoms with Gasteiger partial charge in [0.2, 0.25) is 0 Å². The van der Waals surface area contributed by atoms with E-state index in [1.807, 2.05) is 6.07 Å². The van der Waals surface area contributed by atoms with Crippen molar-refractivity contribution in [3.8, 4) is 5.75 Å². The molecular formula is C13H18O2. The van der Waals surface area contributed by atoms with Crippen LogP contribution in [0.3, 0.4) is 0 Å². The van der Waals surface area contributed by atoms with Crippen LogP contribution in [0.25, 0.3) is 0 Å². The number of aromatic hydroxyl groups is 1. The second-order valence-electron chi connectivity index (χ2n) is 4.90. The summed E-state index contributed by atoms with van der Waals surface area (Å²) in [4.78, 5) is 0. The summed E-state index contributed by atoms with van der Waals surface area (Å²) in [7, 11) is 0. The average Bonchev–Trinajstić information content (AvgIpc) is 2.16. The fourth-order valence-corrected chi connectivity index (χ4v) is 2.20. The Hall–Kier alpha value is -1.02. The molecule has 0 atom stereocenters. The molecule has 15 heavy (non-hydrogen) atoms. The van der Waals surface area contributed by atoms with Crippen LogP contribution in [-0.4, -0.2) is 10.2 Å². The predicted octanol–water partition coefficient (Wildman–Crippen LogP) is 2.50. The second kappa shape index (κ2) is 3.53. The van der Waals surface area contributed by atoms with E-state index in [0.717, 1.165) is 30.4 Å². The predicted molar refractivity (Wildman–Crippen MR) is 60.0 cm³/mol. The normalized spacial score (nSPS) is 16.2. The van der Waals surface area contributed by atoms with Crippen LogP contribution in [-0.2, 0) is 18.4 Å². The van der Waals surface area contributed by atoms with E-state index in [0.29, 0.717) is 5.75 Å². The van der Waals surface area contributed by atoms with Crippen LogP contribution >= 0.6 is 0 Å². The van der Waals surface area contributed by atoms with Gasteiger partial charge < -0.3 is 10.2 Å². The van der Waals surface area contributed by atoms with Crippen molar-refractivity contribution in [2.75, 3.05) is 0 Å². The lowest BCUT2D eigenvalue weighted by atomic mass is 9.86. The molecule has 0 aromatic heterocycles. The Morgan fingerprint density at radius 2 is 1.80 bits per heavy atom. The lowest BCUT2D eigenvalue weighted by Crippen LogP contribution is -2.17. The van der Waals surface area contributed by atoms with Gasteiger partial charge in [0.15, 0.2) is 0 Å². The molecule has 0 saturated heterocycles. The number of aliphatic hydroxyl groups is 1. The maximum atomic E-state index is 9.90. The van der Waals surface area contributed by atoms with E-state index in [1.54, 1.807) is 19.9 Å². The first kappa shape index (κ1) is 10.5. The van der Waals surface area contributed by atoms with Crippen LogP contribution in [0.15, 0.2) is 12.1 Å². The summed E-state index contributed by atoms with van der Waals surface area (Å²) in [5.74, 6) is 0.351. The molecule has 2 nitrogen and oxygen atoms in total. The van der Waals surface area contributed by atoms with E-state index < -0.39 is 5.60 Å². The van der Waals surface area contributed by atoms with E-state index in [1.165, 1.54) is 12.0 Å². The molecule has 1 aromatic carbocycles. The summed E-state index contributed by atoms with van der Waals surface area (Å²) in [5.41, 5.74) is 2.22. The number of rotatable bonds is 1. The van der Waals surface area contributed by atoms with Crippen LogP contribution in [0.2, 0.25) is 0 Å². The maximum absolute atomic E-state index is 9.90. The molecule has 1 aliphatic carbocycles. The smallest absolute Gasteiger partial charge is 0.119 e. The molecule has 0 spiro atoms. The van der Waals surface area contributed by atoms with Crippen molar-refractivity contribution in [2.24, 2.45) is 0 Å².